The lowest BCUT2D eigenvalue weighted by molar-refractivity contribution is -0.129. The molecule has 0 atom stereocenters. The SMILES string of the molecule is CC(C)(C)C(=O)COC(=O)c1c2ccccc2cc2ccccc12. The van der Waals surface area contributed by atoms with Crippen LogP contribution >= 0.6 is 0 Å². The van der Waals surface area contributed by atoms with Crippen LogP contribution in [0, 0.1) is 5.41 Å². The van der Waals surface area contributed by atoms with Crippen LogP contribution < -0.4 is 0 Å². The number of ketones is 1. The van der Waals surface area contributed by atoms with Gasteiger partial charge in [0.05, 0.1) is 5.56 Å². The highest BCUT2D eigenvalue weighted by Gasteiger charge is 2.24. The van der Waals surface area contributed by atoms with Gasteiger partial charge in [0.2, 0.25) is 0 Å². The molecular formula is C21H20O3. The Hall–Kier alpha value is -2.68. The fourth-order valence-electron chi connectivity index (χ4n) is 2.65. The summed E-state index contributed by atoms with van der Waals surface area (Å²) in [5.74, 6) is -0.555. The minimum absolute atomic E-state index is 0.0969. The number of ether oxygens (including phenoxy) is 1. The van der Waals surface area contributed by atoms with Crippen molar-refractivity contribution >= 4 is 33.3 Å². The molecule has 0 unspecified atom stereocenters. The Morgan fingerprint density at radius 2 is 1.38 bits per heavy atom. The van der Waals surface area contributed by atoms with Gasteiger partial charge in [-0.2, -0.15) is 0 Å². The number of esters is 1. The van der Waals surface area contributed by atoms with Gasteiger partial charge >= 0.3 is 5.97 Å². The summed E-state index contributed by atoms with van der Waals surface area (Å²) in [5.41, 5.74) is -0.00779. The van der Waals surface area contributed by atoms with Crippen molar-refractivity contribution in [2.75, 3.05) is 6.61 Å². The standard InChI is InChI=1S/C21H20O3/c1-21(2,3)18(22)13-24-20(23)19-16-10-6-4-8-14(16)12-15-9-5-7-11-17(15)19/h4-12H,13H2,1-3H3. The van der Waals surface area contributed by atoms with Crippen LogP contribution in [0.4, 0.5) is 0 Å². The van der Waals surface area contributed by atoms with Crippen LogP contribution in [-0.2, 0) is 9.53 Å². The van der Waals surface area contributed by atoms with E-state index in [1.165, 1.54) is 0 Å². The predicted molar refractivity (Wildman–Crippen MR) is 96.2 cm³/mol. The summed E-state index contributed by atoms with van der Waals surface area (Å²) in [5, 5.41) is 3.63. The summed E-state index contributed by atoms with van der Waals surface area (Å²) in [6.07, 6.45) is 0. The lowest BCUT2D eigenvalue weighted by atomic mass is 9.91. The van der Waals surface area contributed by atoms with Gasteiger partial charge in [-0.25, -0.2) is 4.79 Å². The van der Waals surface area contributed by atoms with Crippen molar-refractivity contribution in [1.82, 2.24) is 0 Å². The van der Waals surface area contributed by atoms with Crippen LogP contribution in [0.3, 0.4) is 0 Å². The summed E-state index contributed by atoms with van der Waals surface area (Å²) < 4.78 is 5.34. The number of benzene rings is 3. The van der Waals surface area contributed by atoms with E-state index in [2.05, 4.69) is 6.07 Å². The van der Waals surface area contributed by atoms with Crippen molar-refractivity contribution in [1.29, 1.82) is 0 Å². The van der Waals surface area contributed by atoms with Gasteiger partial charge in [-0.3, -0.25) is 4.79 Å². The molecule has 3 aromatic rings. The molecule has 3 nitrogen and oxygen atoms in total. The average Bonchev–Trinajstić information content (AvgIpc) is 2.56. The van der Waals surface area contributed by atoms with E-state index < -0.39 is 11.4 Å². The van der Waals surface area contributed by atoms with Crippen molar-refractivity contribution in [3.05, 3.63) is 60.2 Å². The summed E-state index contributed by atoms with van der Waals surface area (Å²) in [4.78, 5) is 24.8. The van der Waals surface area contributed by atoms with E-state index in [0.717, 1.165) is 21.5 Å². The van der Waals surface area contributed by atoms with Crippen molar-refractivity contribution in [3.8, 4) is 0 Å². The molecule has 3 heteroatoms. The van der Waals surface area contributed by atoms with Gasteiger partial charge in [0.25, 0.3) is 0 Å². The zero-order valence-corrected chi connectivity index (χ0v) is 14.1. The van der Waals surface area contributed by atoms with E-state index in [0.29, 0.717) is 5.56 Å². The molecule has 0 saturated heterocycles. The average molecular weight is 320 g/mol. The number of rotatable bonds is 3. The summed E-state index contributed by atoms with van der Waals surface area (Å²) in [7, 11) is 0. The highest BCUT2D eigenvalue weighted by molar-refractivity contribution is 6.16. The number of fused-ring (bicyclic) bond motifs is 2. The maximum Gasteiger partial charge on any atom is 0.339 e. The normalized spacial score (nSPS) is 11.6. The number of hydrogen-bond donors (Lipinski definition) is 0. The molecule has 0 aliphatic carbocycles. The minimum Gasteiger partial charge on any atom is -0.454 e. The lowest BCUT2D eigenvalue weighted by Crippen LogP contribution is -2.26. The third-order valence-electron chi connectivity index (χ3n) is 4.15. The predicted octanol–water partition coefficient (Wildman–Crippen LogP) is 4.77. The van der Waals surface area contributed by atoms with Gasteiger partial charge < -0.3 is 4.74 Å². The number of Topliss-reactive ketones (excluding diaryl/α,β-unsaturated/α-hetero) is 1. The van der Waals surface area contributed by atoms with Gasteiger partial charge in [-0.05, 0) is 27.6 Å². The van der Waals surface area contributed by atoms with Crippen molar-refractivity contribution in [3.63, 3.8) is 0 Å². The van der Waals surface area contributed by atoms with E-state index in [1.807, 2.05) is 69.3 Å². The van der Waals surface area contributed by atoms with Crippen LogP contribution in [0.1, 0.15) is 31.1 Å². The summed E-state index contributed by atoms with van der Waals surface area (Å²) in [6.45, 7) is 5.24. The second kappa shape index (κ2) is 6.08. The van der Waals surface area contributed by atoms with Crippen LogP contribution in [0.15, 0.2) is 54.6 Å². The lowest BCUT2D eigenvalue weighted by Gasteiger charge is -2.17. The second-order valence-electron chi connectivity index (χ2n) is 6.94. The molecule has 0 aliphatic rings. The fourth-order valence-corrected chi connectivity index (χ4v) is 2.65. The zero-order chi connectivity index (χ0) is 17.3. The Balaban J connectivity index is 2.06. The summed E-state index contributed by atoms with van der Waals surface area (Å²) in [6, 6.07) is 17.5. The number of carbonyl (C=O) groups is 2. The largest absolute Gasteiger partial charge is 0.454 e. The maximum absolute atomic E-state index is 12.7. The van der Waals surface area contributed by atoms with Crippen LogP contribution in [0.5, 0.6) is 0 Å². The minimum atomic E-state index is -0.527. The molecule has 0 aromatic heterocycles. The van der Waals surface area contributed by atoms with E-state index in [1.54, 1.807) is 0 Å². The third-order valence-corrected chi connectivity index (χ3v) is 4.15. The van der Waals surface area contributed by atoms with Gasteiger partial charge in [0, 0.05) is 5.41 Å². The molecule has 0 amide bonds. The van der Waals surface area contributed by atoms with Gasteiger partial charge in [-0.1, -0.05) is 69.3 Å². The van der Waals surface area contributed by atoms with E-state index in [-0.39, 0.29) is 12.4 Å². The third kappa shape index (κ3) is 3.02. The molecular weight excluding hydrogens is 300 g/mol. The highest BCUT2D eigenvalue weighted by Crippen LogP contribution is 2.29. The molecule has 0 radical (unpaired) electrons. The quantitative estimate of drug-likeness (QED) is 0.516. The van der Waals surface area contributed by atoms with E-state index >= 15 is 0 Å². The highest BCUT2D eigenvalue weighted by atomic mass is 16.5. The van der Waals surface area contributed by atoms with Gasteiger partial charge in [-0.15, -0.1) is 0 Å². The smallest absolute Gasteiger partial charge is 0.339 e. The number of carbonyl (C=O) groups excluding carboxylic acids is 2. The van der Waals surface area contributed by atoms with Crippen LogP contribution in [0.2, 0.25) is 0 Å². The van der Waals surface area contributed by atoms with Gasteiger partial charge in [0.1, 0.15) is 0 Å². The molecule has 0 spiro atoms. The van der Waals surface area contributed by atoms with Crippen LogP contribution in [0.25, 0.3) is 21.5 Å². The molecule has 0 heterocycles. The first-order chi connectivity index (χ1) is 11.4. The molecule has 122 valence electrons. The Morgan fingerprint density at radius 3 is 1.88 bits per heavy atom. The Kier molecular flexibility index (Phi) is 4.10. The topological polar surface area (TPSA) is 43.4 Å². The molecule has 3 aromatic carbocycles. The Bertz CT molecular complexity index is 879. The molecule has 24 heavy (non-hydrogen) atoms. The molecule has 3 rings (SSSR count). The Labute approximate surface area is 141 Å². The second-order valence-corrected chi connectivity index (χ2v) is 6.94. The fraction of sp³-hybridized carbons (Fsp3) is 0.238. The molecule has 0 aliphatic heterocycles. The van der Waals surface area contributed by atoms with Crippen molar-refractivity contribution in [2.45, 2.75) is 20.8 Å². The molecule has 0 saturated carbocycles. The van der Waals surface area contributed by atoms with Gasteiger partial charge in [0.15, 0.2) is 12.4 Å². The molecule has 0 fully saturated rings. The number of hydrogen-bond acceptors (Lipinski definition) is 3. The summed E-state index contributed by atoms with van der Waals surface area (Å²) >= 11 is 0. The maximum atomic E-state index is 12.7. The van der Waals surface area contributed by atoms with Crippen LogP contribution in [-0.4, -0.2) is 18.4 Å². The molecule has 0 bridgehead atoms. The van der Waals surface area contributed by atoms with Crippen molar-refractivity contribution in [2.24, 2.45) is 5.41 Å². The molecule has 0 N–H and O–H groups in total. The van der Waals surface area contributed by atoms with E-state index in [9.17, 15) is 9.59 Å². The first kappa shape index (κ1) is 16.2. The monoisotopic (exact) mass is 320 g/mol. The van der Waals surface area contributed by atoms with E-state index in [4.69, 9.17) is 4.74 Å². The van der Waals surface area contributed by atoms with Crippen molar-refractivity contribution < 1.29 is 14.3 Å². The zero-order valence-electron chi connectivity index (χ0n) is 14.1. The first-order valence-electron chi connectivity index (χ1n) is 7.99. The first-order valence-corrected chi connectivity index (χ1v) is 7.99. The Morgan fingerprint density at radius 1 is 0.875 bits per heavy atom.